The Kier molecular flexibility index (Phi) is 5.58. The zero-order valence-corrected chi connectivity index (χ0v) is 12.2. The number of rotatable bonds is 7. The Morgan fingerprint density at radius 1 is 1.26 bits per heavy atom. The number of hydrogen-bond donors (Lipinski definition) is 1. The van der Waals surface area contributed by atoms with Gasteiger partial charge in [-0.05, 0) is 31.7 Å². The highest BCUT2D eigenvalue weighted by molar-refractivity contribution is 5.28. The largest absolute Gasteiger partial charge is 0.344 e. The molecule has 4 heteroatoms. The molecule has 1 aromatic rings. The van der Waals surface area contributed by atoms with Crippen molar-refractivity contribution in [3.8, 4) is 0 Å². The van der Waals surface area contributed by atoms with E-state index in [9.17, 15) is 0 Å². The van der Waals surface area contributed by atoms with Gasteiger partial charge >= 0.3 is 0 Å². The summed E-state index contributed by atoms with van der Waals surface area (Å²) in [7, 11) is 2.10. The quantitative estimate of drug-likeness (QED) is 0.767. The number of hydrogen-bond acceptors (Lipinski definition) is 4. The fraction of sp³-hybridized carbons (Fsp3) is 0.733. The van der Waals surface area contributed by atoms with E-state index in [1.165, 1.54) is 25.7 Å². The van der Waals surface area contributed by atoms with Crippen molar-refractivity contribution in [3.05, 3.63) is 18.0 Å². The minimum atomic E-state index is 0.833. The van der Waals surface area contributed by atoms with E-state index in [4.69, 9.17) is 0 Å². The molecule has 19 heavy (non-hydrogen) atoms. The summed E-state index contributed by atoms with van der Waals surface area (Å²) in [5, 5.41) is 3.37. The van der Waals surface area contributed by atoms with Gasteiger partial charge in [-0.2, -0.15) is 0 Å². The van der Waals surface area contributed by atoms with Gasteiger partial charge in [-0.3, -0.25) is 0 Å². The van der Waals surface area contributed by atoms with E-state index in [2.05, 4.69) is 34.2 Å². The summed E-state index contributed by atoms with van der Waals surface area (Å²) in [5.74, 6) is 1.69. The van der Waals surface area contributed by atoms with Gasteiger partial charge in [0.2, 0.25) is 5.95 Å². The van der Waals surface area contributed by atoms with Crippen LogP contribution in [-0.2, 0) is 6.54 Å². The molecule has 0 spiro atoms. The lowest BCUT2D eigenvalue weighted by molar-refractivity contribution is 0.542. The van der Waals surface area contributed by atoms with Gasteiger partial charge in [-0.15, -0.1) is 0 Å². The molecule has 0 aromatic carbocycles. The third-order valence-corrected chi connectivity index (χ3v) is 3.80. The summed E-state index contributed by atoms with van der Waals surface area (Å²) in [5.41, 5.74) is 1.16. The third-order valence-electron chi connectivity index (χ3n) is 3.80. The molecule has 0 saturated heterocycles. The van der Waals surface area contributed by atoms with Gasteiger partial charge in [-0.1, -0.05) is 19.8 Å². The molecule has 0 atom stereocenters. The van der Waals surface area contributed by atoms with E-state index in [1.807, 2.05) is 12.4 Å². The van der Waals surface area contributed by atoms with Gasteiger partial charge in [-0.25, -0.2) is 9.97 Å². The molecule has 1 fully saturated rings. The smallest absolute Gasteiger partial charge is 0.225 e. The zero-order valence-electron chi connectivity index (χ0n) is 12.2. The lowest BCUT2D eigenvalue weighted by atomic mass is 10.1. The second kappa shape index (κ2) is 7.43. The Morgan fingerprint density at radius 2 is 1.95 bits per heavy atom. The van der Waals surface area contributed by atoms with Crippen molar-refractivity contribution >= 4 is 5.95 Å². The van der Waals surface area contributed by atoms with Crippen LogP contribution in [0.3, 0.4) is 0 Å². The van der Waals surface area contributed by atoms with Crippen LogP contribution in [0.5, 0.6) is 0 Å². The maximum Gasteiger partial charge on any atom is 0.225 e. The highest BCUT2D eigenvalue weighted by Crippen LogP contribution is 2.25. The van der Waals surface area contributed by atoms with Crippen LogP contribution in [-0.4, -0.2) is 30.1 Å². The normalized spacial score (nSPS) is 15.9. The topological polar surface area (TPSA) is 41.1 Å². The molecule has 1 aliphatic rings. The van der Waals surface area contributed by atoms with Crippen LogP contribution in [0.2, 0.25) is 0 Å². The van der Waals surface area contributed by atoms with Crippen LogP contribution in [0.1, 0.15) is 44.6 Å². The van der Waals surface area contributed by atoms with Gasteiger partial charge in [0, 0.05) is 38.1 Å². The van der Waals surface area contributed by atoms with Crippen molar-refractivity contribution < 1.29 is 0 Å². The van der Waals surface area contributed by atoms with Gasteiger partial charge in [0.05, 0.1) is 0 Å². The predicted octanol–water partition coefficient (Wildman–Crippen LogP) is 2.60. The second-order valence-electron chi connectivity index (χ2n) is 5.60. The molecule has 0 bridgehead atoms. The zero-order chi connectivity index (χ0) is 13.5. The molecule has 106 valence electrons. The fourth-order valence-electron chi connectivity index (χ4n) is 2.71. The second-order valence-corrected chi connectivity index (χ2v) is 5.60. The molecule has 0 radical (unpaired) electrons. The van der Waals surface area contributed by atoms with Gasteiger partial charge in [0.15, 0.2) is 0 Å². The molecule has 1 saturated carbocycles. The molecule has 1 aliphatic carbocycles. The van der Waals surface area contributed by atoms with Crippen molar-refractivity contribution in [2.45, 2.75) is 45.6 Å². The van der Waals surface area contributed by atoms with Crippen LogP contribution in [0.15, 0.2) is 12.4 Å². The Bertz CT molecular complexity index is 357. The Hall–Kier alpha value is -1.16. The van der Waals surface area contributed by atoms with Gasteiger partial charge < -0.3 is 10.2 Å². The maximum absolute atomic E-state index is 4.47. The maximum atomic E-state index is 4.47. The molecule has 1 aromatic heterocycles. The molecular formula is C15H26N4. The SMILES string of the molecule is CCCNCc1cnc(N(C)CC2CCCC2)nc1. The van der Waals surface area contributed by atoms with E-state index in [0.717, 1.165) is 43.5 Å². The molecular weight excluding hydrogens is 236 g/mol. The number of nitrogens with one attached hydrogen (secondary N) is 1. The molecule has 2 rings (SSSR count). The first-order valence-electron chi connectivity index (χ1n) is 7.52. The summed E-state index contributed by atoms with van der Waals surface area (Å²) in [4.78, 5) is 11.1. The monoisotopic (exact) mass is 262 g/mol. The van der Waals surface area contributed by atoms with Gasteiger partial charge in [0.1, 0.15) is 0 Å². The minimum Gasteiger partial charge on any atom is -0.344 e. The predicted molar refractivity (Wildman–Crippen MR) is 79.3 cm³/mol. The summed E-state index contributed by atoms with van der Waals surface area (Å²) in [6.07, 6.45) is 10.5. The molecule has 1 heterocycles. The van der Waals surface area contributed by atoms with Crippen molar-refractivity contribution in [1.29, 1.82) is 0 Å². The van der Waals surface area contributed by atoms with E-state index in [0.29, 0.717) is 0 Å². The molecule has 0 unspecified atom stereocenters. The molecule has 0 aliphatic heterocycles. The van der Waals surface area contributed by atoms with Gasteiger partial charge in [0.25, 0.3) is 0 Å². The first kappa shape index (κ1) is 14.3. The first-order chi connectivity index (χ1) is 9.29. The highest BCUT2D eigenvalue weighted by atomic mass is 15.2. The van der Waals surface area contributed by atoms with Crippen LogP contribution >= 0.6 is 0 Å². The lowest BCUT2D eigenvalue weighted by Crippen LogP contribution is -2.26. The number of aromatic nitrogens is 2. The van der Waals surface area contributed by atoms with Crippen LogP contribution in [0.25, 0.3) is 0 Å². The van der Waals surface area contributed by atoms with Crippen molar-refractivity contribution in [2.24, 2.45) is 5.92 Å². The highest BCUT2D eigenvalue weighted by Gasteiger charge is 2.17. The minimum absolute atomic E-state index is 0.833. The van der Waals surface area contributed by atoms with Crippen molar-refractivity contribution in [1.82, 2.24) is 15.3 Å². The summed E-state index contributed by atoms with van der Waals surface area (Å²) < 4.78 is 0. The van der Waals surface area contributed by atoms with E-state index in [1.54, 1.807) is 0 Å². The van der Waals surface area contributed by atoms with Crippen LogP contribution in [0, 0.1) is 5.92 Å². The lowest BCUT2D eigenvalue weighted by Gasteiger charge is -2.20. The first-order valence-corrected chi connectivity index (χ1v) is 7.52. The summed E-state index contributed by atoms with van der Waals surface area (Å²) in [6.45, 7) is 5.17. The van der Waals surface area contributed by atoms with Crippen LogP contribution in [0.4, 0.5) is 5.95 Å². The Morgan fingerprint density at radius 3 is 2.58 bits per heavy atom. The van der Waals surface area contributed by atoms with E-state index in [-0.39, 0.29) is 0 Å². The van der Waals surface area contributed by atoms with Crippen molar-refractivity contribution in [2.75, 3.05) is 25.0 Å². The van der Waals surface area contributed by atoms with Crippen molar-refractivity contribution in [3.63, 3.8) is 0 Å². The Balaban J connectivity index is 1.82. The summed E-state index contributed by atoms with van der Waals surface area (Å²) in [6, 6.07) is 0. The molecule has 4 nitrogen and oxygen atoms in total. The summed E-state index contributed by atoms with van der Waals surface area (Å²) >= 11 is 0. The third kappa shape index (κ3) is 4.46. The molecule has 0 amide bonds. The number of nitrogens with zero attached hydrogens (tertiary/aromatic N) is 3. The van der Waals surface area contributed by atoms with E-state index >= 15 is 0 Å². The Labute approximate surface area is 116 Å². The fourth-order valence-corrected chi connectivity index (χ4v) is 2.71. The van der Waals surface area contributed by atoms with E-state index < -0.39 is 0 Å². The van der Waals surface area contributed by atoms with Crippen LogP contribution < -0.4 is 10.2 Å². The number of anilines is 1. The average Bonchev–Trinajstić information content (AvgIpc) is 2.93. The average molecular weight is 262 g/mol. The molecule has 1 N–H and O–H groups in total. The standard InChI is InChI=1S/C15H26N4/c1-3-8-16-9-14-10-17-15(18-11-14)19(2)12-13-6-4-5-7-13/h10-11,13,16H,3-9,12H2,1-2H3.